The molecule has 4 aliphatic rings. The van der Waals surface area contributed by atoms with Crippen molar-refractivity contribution in [2.45, 2.75) is 12.8 Å². The number of halogens is 1. The predicted molar refractivity (Wildman–Crippen MR) is 85.7 cm³/mol. The van der Waals surface area contributed by atoms with Gasteiger partial charge in [-0.05, 0) is 47.8 Å². The molecule has 1 aliphatic heterocycles. The number of hydrazone groups is 1. The molecule has 3 fully saturated rings. The molecule has 2 bridgehead atoms. The third-order valence-corrected chi connectivity index (χ3v) is 6.24. The van der Waals surface area contributed by atoms with Crippen LogP contribution in [-0.4, -0.2) is 23.0 Å². The van der Waals surface area contributed by atoms with Crippen molar-refractivity contribution in [1.29, 1.82) is 0 Å². The van der Waals surface area contributed by atoms with Gasteiger partial charge in [0.15, 0.2) is 0 Å². The molecule has 0 N–H and O–H groups in total. The average Bonchev–Trinajstić information content (AvgIpc) is 3.13. The molecule has 1 heterocycles. The first-order chi connectivity index (χ1) is 11.1. The number of benzene rings is 1. The van der Waals surface area contributed by atoms with Crippen molar-refractivity contribution in [2.75, 3.05) is 0 Å². The maximum absolute atomic E-state index is 12.7. The second kappa shape index (κ2) is 4.32. The van der Waals surface area contributed by atoms with Gasteiger partial charge in [0, 0.05) is 5.02 Å². The molecule has 0 radical (unpaired) electrons. The molecule has 5 rings (SSSR count). The normalized spacial score (nSPS) is 35.8. The van der Waals surface area contributed by atoms with Crippen LogP contribution in [-0.2, 0) is 9.59 Å². The lowest BCUT2D eigenvalue weighted by Gasteiger charge is -2.18. The summed E-state index contributed by atoms with van der Waals surface area (Å²) in [6, 6.07) is 7.17. The molecule has 3 aliphatic carbocycles. The highest BCUT2D eigenvalue weighted by Crippen LogP contribution is 2.73. The van der Waals surface area contributed by atoms with E-state index in [-0.39, 0.29) is 40.9 Å². The van der Waals surface area contributed by atoms with Gasteiger partial charge < -0.3 is 0 Å². The molecule has 2 amide bonds. The minimum absolute atomic E-state index is 0.138. The van der Waals surface area contributed by atoms with E-state index in [2.05, 4.69) is 17.3 Å². The summed E-state index contributed by atoms with van der Waals surface area (Å²) in [6.45, 7) is 0. The second-order valence-corrected chi connectivity index (χ2v) is 7.45. The van der Waals surface area contributed by atoms with E-state index < -0.39 is 0 Å². The summed E-state index contributed by atoms with van der Waals surface area (Å²) >= 11 is 5.94. The molecule has 0 unspecified atom stereocenters. The number of rotatable bonds is 2. The van der Waals surface area contributed by atoms with Crippen molar-refractivity contribution in [1.82, 2.24) is 5.01 Å². The van der Waals surface area contributed by atoms with Gasteiger partial charge in [0.05, 0.1) is 18.1 Å². The zero-order valence-electron chi connectivity index (χ0n) is 12.4. The average molecular weight is 327 g/mol. The Bertz CT molecular complexity index is 762. The molecule has 5 heteroatoms. The Kier molecular flexibility index (Phi) is 2.54. The minimum Gasteiger partial charge on any atom is -0.272 e. The number of nitrogens with zero attached hydrogens (tertiary/aromatic N) is 2. The number of amides is 2. The van der Waals surface area contributed by atoms with Crippen LogP contribution >= 0.6 is 11.6 Å². The SMILES string of the molecule is O=C1[C@@H]2[C@@H](C(=O)N1/N=C\c1cccc(Cl)c1)[C@@H]1C=C[C@@H]2C12CC2. The van der Waals surface area contributed by atoms with E-state index in [0.29, 0.717) is 5.02 Å². The van der Waals surface area contributed by atoms with Gasteiger partial charge in [-0.3, -0.25) is 9.59 Å². The number of hydrogen-bond donors (Lipinski definition) is 0. The summed E-state index contributed by atoms with van der Waals surface area (Å²) in [5, 5.41) is 5.85. The smallest absolute Gasteiger partial charge is 0.254 e. The lowest BCUT2D eigenvalue weighted by Crippen LogP contribution is -2.30. The fourth-order valence-electron chi connectivity index (χ4n) is 4.89. The lowest BCUT2D eigenvalue weighted by molar-refractivity contribution is -0.141. The molecule has 23 heavy (non-hydrogen) atoms. The van der Waals surface area contributed by atoms with Crippen molar-refractivity contribution < 1.29 is 9.59 Å². The largest absolute Gasteiger partial charge is 0.272 e. The Morgan fingerprint density at radius 2 is 1.78 bits per heavy atom. The molecule has 1 aromatic rings. The van der Waals surface area contributed by atoms with Crippen LogP contribution in [0.1, 0.15) is 18.4 Å². The summed E-state index contributed by atoms with van der Waals surface area (Å²) in [6.07, 6.45) is 8.15. The molecule has 4 nitrogen and oxygen atoms in total. The summed E-state index contributed by atoms with van der Waals surface area (Å²) in [5.74, 6) is -0.198. The van der Waals surface area contributed by atoms with Crippen molar-refractivity contribution in [3.63, 3.8) is 0 Å². The Labute approximate surface area is 138 Å². The Balaban J connectivity index is 1.44. The van der Waals surface area contributed by atoms with Gasteiger partial charge in [-0.2, -0.15) is 10.1 Å². The van der Waals surface area contributed by atoms with Gasteiger partial charge in [0.1, 0.15) is 0 Å². The summed E-state index contributed by atoms with van der Waals surface area (Å²) in [7, 11) is 0. The quantitative estimate of drug-likeness (QED) is 0.476. The summed E-state index contributed by atoms with van der Waals surface area (Å²) < 4.78 is 0. The van der Waals surface area contributed by atoms with E-state index in [1.165, 1.54) is 6.21 Å². The van der Waals surface area contributed by atoms with Crippen LogP contribution in [0, 0.1) is 29.1 Å². The number of fused-ring (bicyclic) bond motifs is 3. The van der Waals surface area contributed by atoms with Crippen LogP contribution in [0.3, 0.4) is 0 Å². The highest BCUT2D eigenvalue weighted by Gasteiger charge is 2.73. The second-order valence-electron chi connectivity index (χ2n) is 7.01. The monoisotopic (exact) mass is 326 g/mol. The van der Waals surface area contributed by atoms with E-state index in [0.717, 1.165) is 23.4 Å². The Morgan fingerprint density at radius 1 is 1.13 bits per heavy atom. The first-order valence-electron chi connectivity index (χ1n) is 7.97. The molecule has 4 atom stereocenters. The van der Waals surface area contributed by atoms with Gasteiger partial charge in [-0.25, -0.2) is 0 Å². The van der Waals surface area contributed by atoms with Crippen molar-refractivity contribution in [2.24, 2.45) is 34.2 Å². The first-order valence-corrected chi connectivity index (χ1v) is 8.35. The van der Waals surface area contributed by atoms with E-state index in [1.54, 1.807) is 12.1 Å². The van der Waals surface area contributed by atoms with Crippen LogP contribution < -0.4 is 0 Å². The van der Waals surface area contributed by atoms with E-state index in [9.17, 15) is 9.59 Å². The van der Waals surface area contributed by atoms with E-state index in [4.69, 9.17) is 11.6 Å². The summed E-state index contributed by atoms with van der Waals surface area (Å²) in [4.78, 5) is 25.4. The molecule has 2 saturated carbocycles. The maximum atomic E-state index is 12.7. The van der Waals surface area contributed by atoms with Crippen LogP contribution in [0.4, 0.5) is 0 Å². The molecule has 0 aromatic heterocycles. The van der Waals surface area contributed by atoms with Crippen molar-refractivity contribution >= 4 is 29.6 Å². The summed E-state index contributed by atoms with van der Waals surface area (Å²) in [5.41, 5.74) is 0.999. The van der Waals surface area contributed by atoms with Gasteiger partial charge in [-0.15, -0.1) is 0 Å². The van der Waals surface area contributed by atoms with Gasteiger partial charge in [-0.1, -0.05) is 35.9 Å². The Hall–Kier alpha value is -1.94. The predicted octanol–water partition coefficient (Wildman–Crippen LogP) is 2.87. The van der Waals surface area contributed by atoms with Crippen LogP contribution in [0.25, 0.3) is 0 Å². The zero-order valence-corrected chi connectivity index (χ0v) is 13.1. The van der Waals surface area contributed by atoms with Crippen molar-refractivity contribution in [3.05, 3.63) is 47.0 Å². The molecular weight excluding hydrogens is 312 g/mol. The van der Waals surface area contributed by atoms with Crippen molar-refractivity contribution in [3.8, 4) is 0 Å². The third-order valence-electron chi connectivity index (χ3n) is 6.00. The third kappa shape index (κ3) is 1.65. The van der Waals surface area contributed by atoms with Gasteiger partial charge in [0.2, 0.25) is 0 Å². The van der Waals surface area contributed by atoms with Crippen LogP contribution in [0.2, 0.25) is 5.02 Å². The number of carbonyl (C=O) groups excluding carboxylic acids is 2. The molecule has 116 valence electrons. The fourth-order valence-corrected chi connectivity index (χ4v) is 5.09. The van der Waals surface area contributed by atoms with Crippen LogP contribution in [0.15, 0.2) is 41.5 Å². The highest BCUT2D eigenvalue weighted by atomic mass is 35.5. The molecule has 1 saturated heterocycles. The highest BCUT2D eigenvalue weighted by molar-refractivity contribution is 6.30. The molecular formula is C18H15ClN2O2. The number of carbonyl (C=O) groups is 2. The Morgan fingerprint density at radius 3 is 2.35 bits per heavy atom. The van der Waals surface area contributed by atoms with Gasteiger partial charge >= 0.3 is 0 Å². The topological polar surface area (TPSA) is 49.7 Å². The van der Waals surface area contributed by atoms with E-state index in [1.807, 2.05) is 12.1 Å². The number of imide groups is 1. The fraction of sp³-hybridized carbons (Fsp3) is 0.389. The van der Waals surface area contributed by atoms with Gasteiger partial charge in [0.25, 0.3) is 11.8 Å². The number of allylic oxidation sites excluding steroid dienone is 2. The number of hydrogen-bond acceptors (Lipinski definition) is 3. The van der Waals surface area contributed by atoms with E-state index >= 15 is 0 Å². The first kappa shape index (κ1) is 13.5. The molecule has 1 aromatic carbocycles. The molecule has 1 spiro atoms. The zero-order chi connectivity index (χ0) is 15.8. The minimum atomic E-state index is -0.198. The lowest BCUT2D eigenvalue weighted by atomic mass is 9.85. The maximum Gasteiger partial charge on any atom is 0.254 e. The van der Waals surface area contributed by atoms with Crippen LogP contribution in [0.5, 0.6) is 0 Å². The standard InChI is InChI=1S/C18H15ClN2O2/c19-11-3-1-2-10(8-11)9-20-21-16(22)14-12-4-5-13(15(14)17(21)23)18(12)6-7-18/h1-5,8-9,12-15H,6-7H2/b20-9-/t12-,13-,14-,15-/m0/s1.